The van der Waals surface area contributed by atoms with Crippen LogP contribution in [0.25, 0.3) is 0 Å². The third-order valence-electron chi connectivity index (χ3n) is 3.98. The van der Waals surface area contributed by atoms with Crippen molar-refractivity contribution < 1.29 is 19.4 Å². The highest BCUT2D eigenvalue weighted by atomic mass is 35.5. The minimum Gasteiger partial charge on any atom is -0.481 e. The molecule has 5 nitrogen and oxygen atoms in total. The summed E-state index contributed by atoms with van der Waals surface area (Å²) in [4.78, 5) is 24.9. The van der Waals surface area contributed by atoms with Crippen molar-refractivity contribution in [3.05, 3.63) is 28.8 Å². The fourth-order valence-corrected chi connectivity index (χ4v) is 3.49. The molecule has 7 heteroatoms. The summed E-state index contributed by atoms with van der Waals surface area (Å²) in [6, 6.07) is 5.17. The van der Waals surface area contributed by atoms with E-state index in [-0.39, 0.29) is 12.5 Å². The second kappa shape index (κ2) is 8.04. The van der Waals surface area contributed by atoms with E-state index in [1.165, 1.54) is 0 Å². The van der Waals surface area contributed by atoms with Crippen molar-refractivity contribution in [2.45, 2.75) is 24.7 Å². The van der Waals surface area contributed by atoms with Crippen molar-refractivity contribution in [2.75, 3.05) is 25.5 Å². The summed E-state index contributed by atoms with van der Waals surface area (Å²) in [5.41, 5.74) is -0.471. The molecule has 0 spiro atoms. The standard InChI is InChI=1S/C16H20ClNO4S/c1-2-23-13-4-3-11(17)9-12(13)14(19)18-10-16(15(20)21)5-7-22-8-6-16/h3-4,9H,2,5-8,10H2,1H3,(H,18,19)(H,20,21). The van der Waals surface area contributed by atoms with E-state index in [1.807, 2.05) is 13.0 Å². The molecule has 1 fully saturated rings. The Bertz CT molecular complexity index is 587. The van der Waals surface area contributed by atoms with Crippen LogP contribution in [0.4, 0.5) is 0 Å². The van der Waals surface area contributed by atoms with Crippen molar-refractivity contribution in [1.82, 2.24) is 5.32 Å². The summed E-state index contributed by atoms with van der Waals surface area (Å²) in [6.07, 6.45) is 0.795. The van der Waals surface area contributed by atoms with Crippen molar-refractivity contribution in [1.29, 1.82) is 0 Å². The van der Waals surface area contributed by atoms with Crippen molar-refractivity contribution in [3.8, 4) is 0 Å². The molecule has 1 aromatic carbocycles. The monoisotopic (exact) mass is 357 g/mol. The lowest BCUT2D eigenvalue weighted by molar-refractivity contribution is -0.154. The number of aliphatic carboxylic acids is 1. The maximum Gasteiger partial charge on any atom is 0.311 e. The van der Waals surface area contributed by atoms with Gasteiger partial charge in [0.15, 0.2) is 0 Å². The average Bonchev–Trinajstić information content (AvgIpc) is 2.55. The van der Waals surface area contributed by atoms with Gasteiger partial charge in [0, 0.05) is 29.7 Å². The first-order chi connectivity index (χ1) is 11.0. The predicted molar refractivity (Wildman–Crippen MR) is 90.3 cm³/mol. The minimum atomic E-state index is -0.954. The van der Waals surface area contributed by atoms with Crippen LogP contribution in [0.1, 0.15) is 30.1 Å². The number of benzene rings is 1. The van der Waals surface area contributed by atoms with E-state index in [0.717, 1.165) is 10.6 Å². The van der Waals surface area contributed by atoms with Crippen molar-refractivity contribution >= 4 is 35.2 Å². The molecule has 0 aliphatic carbocycles. The Morgan fingerprint density at radius 3 is 2.70 bits per heavy atom. The maximum absolute atomic E-state index is 12.5. The van der Waals surface area contributed by atoms with Gasteiger partial charge in [-0.2, -0.15) is 0 Å². The smallest absolute Gasteiger partial charge is 0.311 e. The Balaban J connectivity index is 2.12. The van der Waals surface area contributed by atoms with E-state index in [9.17, 15) is 14.7 Å². The number of carbonyl (C=O) groups excluding carboxylic acids is 1. The van der Waals surface area contributed by atoms with Crippen LogP contribution >= 0.6 is 23.4 Å². The molecular weight excluding hydrogens is 338 g/mol. The maximum atomic E-state index is 12.5. The molecule has 126 valence electrons. The quantitative estimate of drug-likeness (QED) is 0.765. The van der Waals surface area contributed by atoms with E-state index < -0.39 is 11.4 Å². The molecule has 2 rings (SSSR count). The molecule has 0 unspecified atom stereocenters. The van der Waals surface area contributed by atoms with Gasteiger partial charge in [-0.1, -0.05) is 18.5 Å². The zero-order chi connectivity index (χ0) is 16.9. The number of carboxylic acid groups (broad SMARTS) is 1. The first-order valence-corrected chi connectivity index (χ1v) is 8.86. The summed E-state index contributed by atoms with van der Waals surface area (Å²) < 4.78 is 5.24. The Morgan fingerprint density at radius 1 is 1.39 bits per heavy atom. The van der Waals surface area contributed by atoms with Crippen LogP contribution in [0.15, 0.2) is 23.1 Å². The average molecular weight is 358 g/mol. The van der Waals surface area contributed by atoms with Gasteiger partial charge in [0.1, 0.15) is 0 Å². The zero-order valence-corrected chi connectivity index (χ0v) is 14.5. The van der Waals surface area contributed by atoms with Crippen molar-refractivity contribution in [2.24, 2.45) is 5.41 Å². The third-order valence-corrected chi connectivity index (χ3v) is 5.17. The highest BCUT2D eigenvalue weighted by Gasteiger charge is 2.40. The van der Waals surface area contributed by atoms with Crippen LogP contribution < -0.4 is 5.32 Å². The van der Waals surface area contributed by atoms with Gasteiger partial charge in [0.2, 0.25) is 0 Å². The predicted octanol–water partition coefficient (Wildman–Crippen LogP) is 3.06. The van der Waals surface area contributed by atoms with Gasteiger partial charge in [-0.3, -0.25) is 9.59 Å². The number of halogens is 1. The topological polar surface area (TPSA) is 75.6 Å². The zero-order valence-electron chi connectivity index (χ0n) is 12.9. The molecule has 0 aromatic heterocycles. The molecular formula is C16H20ClNO4S. The van der Waals surface area contributed by atoms with Crippen LogP contribution in [0.3, 0.4) is 0 Å². The van der Waals surface area contributed by atoms with Crippen LogP contribution in [0.5, 0.6) is 0 Å². The second-order valence-corrected chi connectivity index (χ2v) is 7.20. The highest BCUT2D eigenvalue weighted by Crippen LogP contribution is 2.31. The van der Waals surface area contributed by atoms with E-state index in [0.29, 0.717) is 36.6 Å². The van der Waals surface area contributed by atoms with Crippen LogP contribution in [-0.4, -0.2) is 42.5 Å². The molecule has 1 aliphatic heterocycles. The first-order valence-electron chi connectivity index (χ1n) is 7.50. The summed E-state index contributed by atoms with van der Waals surface area (Å²) in [6.45, 7) is 2.89. The SMILES string of the molecule is CCSc1ccc(Cl)cc1C(=O)NCC1(C(=O)O)CCOCC1. The number of amides is 1. The normalized spacial score (nSPS) is 16.8. The Morgan fingerprint density at radius 2 is 2.09 bits per heavy atom. The summed E-state index contributed by atoms with van der Waals surface area (Å²) >= 11 is 7.54. The van der Waals surface area contributed by atoms with Gasteiger partial charge in [-0.05, 0) is 36.8 Å². The van der Waals surface area contributed by atoms with E-state index in [4.69, 9.17) is 16.3 Å². The molecule has 2 N–H and O–H groups in total. The number of thioether (sulfide) groups is 1. The fourth-order valence-electron chi connectivity index (χ4n) is 2.53. The number of rotatable bonds is 6. The molecule has 1 amide bonds. The number of nitrogens with one attached hydrogen (secondary N) is 1. The summed E-state index contributed by atoms with van der Waals surface area (Å²) in [7, 11) is 0. The molecule has 0 radical (unpaired) electrons. The minimum absolute atomic E-state index is 0.0905. The molecule has 0 atom stereocenters. The lowest BCUT2D eigenvalue weighted by Gasteiger charge is -2.33. The number of carboxylic acids is 1. The Kier molecular flexibility index (Phi) is 6.33. The lowest BCUT2D eigenvalue weighted by Crippen LogP contribution is -2.46. The number of carbonyl (C=O) groups is 2. The summed E-state index contributed by atoms with van der Waals surface area (Å²) in [5, 5.41) is 12.8. The molecule has 0 saturated carbocycles. The van der Waals surface area contributed by atoms with Crippen molar-refractivity contribution in [3.63, 3.8) is 0 Å². The number of hydrogen-bond donors (Lipinski definition) is 2. The van der Waals surface area contributed by atoms with Gasteiger partial charge in [0.05, 0.1) is 11.0 Å². The summed E-state index contributed by atoms with van der Waals surface area (Å²) in [5.74, 6) is -0.357. The molecule has 0 bridgehead atoms. The first kappa shape index (κ1) is 18.1. The highest BCUT2D eigenvalue weighted by molar-refractivity contribution is 7.99. The van der Waals surface area contributed by atoms with Gasteiger partial charge >= 0.3 is 5.97 Å². The molecule has 1 heterocycles. The fraction of sp³-hybridized carbons (Fsp3) is 0.500. The van der Waals surface area contributed by atoms with Gasteiger partial charge in [0.25, 0.3) is 5.91 Å². The van der Waals surface area contributed by atoms with Gasteiger partial charge < -0.3 is 15.2 Å². The number of ether oxygens (including phenoxy) is 1. The number of hydrogen-bond acceptors (Lipinski definition) is 4. The van der Waals surface area contributed by atoms with Gasteiger partial charge in [-0.15, -0.1) is 11.8 Å². The van der Waals surface area contributed by atoms with Gasteiger partial charge in [-0.25, -0.2) is 0 Å². The molecule has 1 aromatic rings. The van der Waals surface area contributed by atoms with Crippen LogP contribution in [0.2, 0.25) is 5.02 Å². The van der Waals surface area contributed by atoms with E-state index in [1.54, 1.807) is 23.9 Å². The van der Waals surface area contributed by atoms with E-state index >= 15 is 0 Å². The molecule has 23 heavy (non-hydrogen) atoms. The second-order valence-electron chi connectivity index (χ2n) is 5.45. The lowest BCUT2D eigenvalue weighted by atomic mass is 9.80. The van der Waals surface area contributed by atoms with Crippen LogP contribution in [0, 0.1) is 5.41 Å². The Hall–Kier alpha value is -1.24. The van der Waals surface area contributed by atoms with Crippen LogP contribution in [-0.2, 0) is 9.53 Å². The molecule has 1 saturated heterocycles. The largest absolute Gasteiger partial charge is 0.481 e. The third kappa shape index (κ3) is 4.40. The Labute approximate surface area is 144 Å². The molecule has 1 aliphatic rings. The van der Waals surface area contributed by atoms with E-state index in [2.05, 4.69) is 5.32 Å².